The highest BCUT2D eigenvalue weighted by molar-refractivity contribution is 6.06. The second kappa shape index (κ2) is 7.94. The second-order valence-corrected chi connectivity index (χ2v) is 5.43. The number of benzene rings is 2. The van der Waals surface area contributed by atoms with Crippen LogP contribution in [0.15, 0.2) is 77.2 Å². The SMILES string of the molecule is O=C(/C=C/c1ccc([N+](=O)[O-])o1)c1ccc(OCc2ccccc2)cc1. The monoisotopic (exact) mass is 349 g/mol. The minimum Gasteiger partial charge on any atom is -0.489 e. The van der Waals surface area contributed by atoms with Gasteiger partial charge in [-0.3, -0.25) is 14.9 Å². The summed E-state index contributed by atoms with van der Waals surface area (Å²) in [5.41, 5.74) is 1.54. The maximum Gasteiger partial charge on any atom is 0.433 e. The predicted molar refractivity (Wildman–Crippen MR) is 95.9 cm³/mol. The Bertz CT molecular complexity index is 926. The van der Waals surface area contributed by atoms with Crippen LogP contribution in [0.1, 0.15) is 21.7 Å². The molecule has 0 aliphatic carbocycles. The Morgan fingerprint density at radius 1 is 1.04 bits per heavy atom. The zero-order valence-electron chi connectivity index (χ0n) is 13.7. The summed E-state index contributed by atoms with van der Waals surface area (Å²) in [4.78, 5) is 22.1. The summed E-state index contributed by atoms with van der Waals surface area (Å²) in [6.07, 6.45) is 2.71. The van der Waals surface area contributed by atoms with Crippen LogP contribution in [-0.2, 0) is 6.61 Å². The molecular weight excluding hydrogens is 334 g/mol. The van der Waals surface area contributed by atoms with E-state index in [2.05, 4.69) is 0 Å². The van der Waals surface area contributed by atoms with Gasteiger partial charge in [0.1, 0.15) is 23.0 Å². The number of hydrogen-bond donors (Lipinski definition) is 0. The summed E-state index contributed by atoms with van der Waals surface area (Å²) >= 11 is 0. The molecule has 0 aliphatic heterocycles. The number of carbonyl (C=O) groups is 1. The molecule has 0 unspecified atom stereocenters. The third kappa shape index (κ3) is 4.45. The molecule has 6 nitrogen and oxygen atoms in total. The zero-order valence-corrected chi connectivity index (χ0v) is 13.7. The van der Waals surface area contributed by atoms with Crippen LogP contribution in [0.4, 0.5) is 5.88 Å². The predicted octanol–water partition coefficient (Wildman–Crippen LogP) is 4.66. The molecule has 2 aromatic carbocycles. The highest BCUT2D eigenvalue weighted by atomic mass is 16.6. The van der Waals surface area contributed by atoms with Crippen molar-refractivity contribution >= 4 is 17.7 Å². The van der Waals surface area contributed by atoms with Crippen LogP contribution in [0.2, 0.25) is 0 Å². The molecule has 0 saturated carbocycles. The summed E-state index contributed by atoms with van der Waals surface area (Å²) < 4.78 is 10.6. The first-order chi connectivity index (χ1) is 12.6. The molecule has 0 aliphatic rings. The van der Waals surface area contributed by atoms with Gasteiger partial charge < -0.3 is 9.15 Å². The number of nitro groups is 1. The molecule has 0 spiro atoms. The Morgan fingerprint density at radius 3 is 2.42 bits per heavy atom. The lowest BCUT2D eigenvalue weighted by atomic mass is 10.1. The van der Waals surface area contributed by atoms with Crippen molar-refractivity contribution in [3.63, 3.8) is 0 Å². The summed E-state index contributed by atoms with van der Waals surface area (Å²) in [7, 11) is 0. The fourth-order valence-electron chi connectivity index (χ4n) is 2.24. The van der Waals surface area contributed by atoms with Crippen LogP contribution >= 0.6 is 0 Å². The lowest BCUT2D eigenvalue weighted by Crippen LogP contribution is -1.97. The summed E-state index contributed by atoms with van der Waals surface area (Å²) in [6, 6.07) is 19.2. The molecule has 0 fully saturated rings. The molecular formula is C20H15NO5. The maximum atomic E-state index is 12.1. The van der Waals surface area contributed by atoms with Crippen molar-refractivity contribution in [2.75, 3.05) is 0 Å². The zero-order chi connectivity index (χ0) is 18.4. The lowest BCUT2D eigenvalue weighted by Gasteiger charge is -2.06. The molecule has 130 valence electrons. The molecule has 0 N–H and O–H groups in total. The smallest absolute Gasteiger partial charge is 0.433 e. The van der Waals surface area contributed by atoms with E-state index < -0.39 is 4.92 Å². The number of nitrogens with zero attached hydrogens (tertiary/aromatic N) is 1. The van der Waals surface area contributed by atoms with Gasteiger partial charge in [0.15, 0.2) is 5.78 Å². The van der Waals surface area contributed by atoms with Crippen molar-refractivity contribution in [1.29, 1.82) is 0 Å². The highest BCUT2D eigenvalue weighted by Gasteiger charge is 2.10. The number of carbonyl (C=O) groups excluding carboxylic acids is 1. The highest BCUT2D eigenvalue weighted by Crippen LogP contribution is 2.18. The van der Waals surface area contributed by atoms with Crippen molar-refractivity contribution in [2.24, 2.45) is 0 Å². The Morgan fingerprint density at radius 2 is 1.77 bits per heavy atom. The van der Waals surface area contributed by atoms with Gasteiger partial charge in [-0.1, -0.05) is 30.3 Å². The minimum absolute atomic E-state index is 0.237. The van der Waals surface area contributed by atoms with Gasteiger partial charge in [-0.15, -0.1) is 0 Å². The molecule has 3 rings (SSSR count). The Hall–Kier alpha value is -3.67. The second-order valence-electron chi connectivity index (χ2n) is 5.43. The molecule has 0 saturated heterocycles. The van der Waals surface area contributed by atoms with Gasteiger partial charge in [-0.2, -0.15) is 0 Å². The van der Waals surface area contributed by atoms with E-state index in [0.29, 0.717) is 17.9 Å². The fraction of sp³-hybridized carbons (Fsp3) is 0.0500. The standard InChI is InChI=1S/C20H15NO5/c22-19(12-10-18-11-13-20(26-18)21(23)24)16-6-8-17(9-7-16)25-14-15-4-2-1-3-5-15/h1-13H,14H2/b12-10+. The Kier molecular flexibility index (Phi) is 5.24. The maximum absolute atomic E-state index is 12.1. The molecule has 1 heterocycles. The van der Waals surface area contributed by atoms with Gasteiger partial charge in [0.05, 0.1) is 6.07 Å². The van der Waals surface area contributed by atoms with E-state index >= 15 is 0 Å². The topological polar surface area (TPSA) is 82.6 Å². The van der Waals surface area contributed by atoms with Crippen molar-refractivity contribution in [3.8, 4) is 5.75 Å². The molecule has 26 heavy (non-hydrogen) atoms. The van der Waals surface area contributed by atoms with Crippen LogP contribution in [0, 0.1) is 10.1 Å². The fourth-order valence-corrected chi connectivity index (χ4v) is 2.24. The van der Waals surface area contributed by atoms with Crippen LogP contribution in [0.25, 0.3) is 6.08 Å². The molecule has 0 radical (unpaired) electrons. The van der Waals surface area contributed by atoms with Crippen molar-refractivity contribution in [3.05, 3.63) is 99.8 Å². The van der Waals surface area contributed by atoms with E-state index in [0.717, 1.165) is 5.56 Å². The number of ether oxygens (including phenoxy) is 1. The first kappa shape index (κ1) is 17.2. The van der Waals surface area contributed by atoms with Crippen LogP contribution < -0.4 is 4.74 Å². The minimum atomic E-state index is -0.632. The van der Waals surface area contributed by atoms with Gasteiger partial charge in [0.25, 0.3) is 0 Å². The number of allylic oxidation sites excluding steroid dienone is 1. The molecule has 0 atom stereocenters. The van der Waals surface area contributed by atoms with E-state index in [4.69, 9.17) is 9.15 Å². The first-order valence-electron chi connectivity index (χ1n) is 7.85. The van der Waals surface area contributed by atoms with Crippen molar-refractivity contribution in [2.45, 2.75) is 6.61 Å². The van der Waals surface area contributed by atoms with Crippen LogP contribution in [0.5, 0.6) is 5.75 Å². The Labute approximate surface area is 149 Å². The average molecular weight is 349 g/mol. The molecule has 3 aromatic rings. The summed E-state index contributed by atoms with van der Waals surface area (Å²) in [6.45, 7) is 0.450. The van der Waals surface area contributed by atoms with E-state index in [1.165, 1.54) is 24.3 Å². The molecule has 0 amide bonds. The number of rotatable bonds is 7. The third-order valence-corrected chi connectivity index (χ3v) is 3.58. The van der Waals surface area contributed by atoms with Crippen molar-refractivity contribution in [1.82, 2.24) is 0 Å². The number of furan rings is 1. The van der Waals surface area contributed by atoms with Gasteiger partial charge in [0.2, 0.25) is 0 Å². The third-order valence-electron chi connectivity index (χ3n) is 3.58. The summed E-state index contributed by atoms with van der Waals surface area (Å²) in [5.74, 6) is 0.305. The van der Waals surface area contributed by atoms with Crippen LogP contribution in [0.3, 0.4) is 0 Å². The normalized spacial score (nSPS) is 10.8. The van der Waals surface area contributed by atoms with Crippen LogP contribution in [-0.4, -0.2) is 10.7 Å². The van der Waals surface area contributed by atoms with Gasteiger partial charge in [-0.05, 0) is 48.0 Å². The van der Waals surface area contributed by atoms with E-state index in [-0.39, 0.29) is 17.4 Å². The van der Waals surface area contributed by atoms with Gasteiger partial charge in [-0.25, -0.2) is 0 Å². The first-order valence-corrected chi connectivity index (χ1v) is 7.85. The van der Waals surface area contributed by atoms with E-state index in [1.807, 2.05) is 30.3 Å². The van der Waals surface area contributed by atoms with E-state index in [9.17, 15) is 14.9 Å². The lowest BCUT2D eigenvalue weighted by molar-refractivity contribution is -0.402. The molecule has 1 aromatic heterocycles. The van der Waals surface area contributed by atoms with Crippen molar-refractivity contribution < 1.29 is 18.9 Å². The number of ketones is 1. The number of hydrogen-bond acceptors (Lipinski definition) is 5. The van der Waals surface area contributed by atoms with Gasteiger partial charge in [0, 0.05) is 5.56 Å². The Balaban J connectivity index is 1.59. The van der Waals surface area contributed by atoms with E-state index in [1.54, 1.807) is 24.3 Å². The quantitative estimate of drug-likeness (QED) is 0.268. The largest absolute Gasteiger partial charge is 0.489 e. The molecule has 6 heteroatoms. The van der Waals surface area contributed by atoms with Gasteiger partial charge >= 0.3 is 5.88 Å². The summed E-state index contributed by atoms with van der Waals surface area (Å²) in [5, 5.41) is 10.6. The average Bonchev–Trinajstić information content (AvgIpc) is 3.15. The molecule has 0 bridgehead atoms.